The molecule has 0 heterocycles. The first-order valence-electron chi connectivity index (χ1n) is 6.12. The lowest BCUT2D eigenvalue weighted by molar-refractivity contribution is -0.121. The second-order valence-electron chi connectivity index (χ2n) is 5.40. The fraction of sp³-hybridized carbons (Fsp3) is 0.429. The number of rotatable bonds is 5. The largest absolute Gasteiger partial charge is 0.478 e. The molecule has 0 aliphatic rings. The normalized spacial score (nSPS) is 11.1. The zero-order valence-corrected chi connectivity index (χ0v) is 11.5. The van der Waals surface area contributed by atoms with E-state index >= 15 is 0 Å². The van der Waals surface area contributed by atoms with E-state index < -0.39 is 5.97 Å². The van der Waals surface area contributed by atoms with Crippen LogP contribution in [0.15, 0.2) is 24.3 Å². The van der Waals surface area contributed by atoms with Crippen molar-refractivity contribution >= 4 is 11.9 Å². The van der Waals surface area contributed by atoms with Gasteiger partial charge in [-0.05, 0) is 38.5 Å². The molecule has 0 radical (unpaired) electrons. The molecule has 1 amide bonds. The first-order valence-corrected chi connectivity index (χ1v) is 6.12. The third-order valence-electron chi connectivity index (χ3n) is 2.33. The Bertz CT molecular complexity index is 447. The van der Waals surface area contributed by atoms with Crippen LogP contribution in [0.3, 0.4) is 0 Å². The highest BCUT2D eigenvalue weighted by molar-refractivity contribution is 5.87. The van der Waals surface area contributed by atoms with Crippen molar-refractivity contribution in [3.8, 4) is 0 Å². The van der Waals surface area contributed by atoms with E-state index in [1.54, 1.807) is 24.3 Å². The topological polar surface area (TPSA) is 78.4 Å². The summed E-state index contributed by atoms with van der Waals surface area (Å²) < 4.78 is 0. The molecule has 0 unspecified atom stereocenters. The van der Waals surface area contributed by atoms with Crippen LogP contribution in [0, 0.1) is 0 Å². The third kappa shape index (κ3) is 6.01. The molecule has 0 aliphatic carbocycles. The van der Waals surface area contributed by atoms with Gasteiger partial charge in [-0.1, -0.05) is 12.1 Å². The van der Waals surface area contributed by atoms with Crippen molar-refractivity contribution in [1.29, 1.82) is 0 Å². The van der Waals surface area contributed by atoms with Crippen LogP contribution in [0.25, 0.3) is 0 Å². The predicted octanol–water partition coefficient (Wildman–Crippen LogP) is 1.39. The molecule has 5 nitrogen and oxygen atoms in total. The molecule has 1 rings (SSSR count). The van der Waals surface area contributed by atoms with E-state index in [1.807, 2.05) is 20.8 Å². The molecule has 5 heteroatoms. The summed E-state index contributed by atoms with van der Waals surface area (Å²) in [7, 11) is 0. The molecule has 0 saturated heterocycles. The van der Waals surface area contributed by atoms with Crippen molar-refractivity contribution in [2.45, 2.75) is 32.9 Å². The number of carboxylic acids is 1. The van der Waals surface area contributed by atoms with E-state index in [9.17, 15) is 9.59 Å². The molecular weight excluding hydrogens is 244 g/mol. The Morgan fingerprint density at radius 3 is 2.21 bits per heavy atom. The fourth-order valence-electron chi connectivity index (χ4n) is 1.55. The number of carboxylic acid groups (broad SMARTS) is 1. The molecule has 1 aromatic carbocycles. The minimum Gasteiger partial charge on any atom is -0.478 e. The van der Waals surface area contributed by atoms with Crippen LogP contribution in [0.4, 0.5) is 0 Å². The second kappa shape index (κ2) is 6.33. The van der Waals surface area contributed by atoms with E-state index in [1.165, 1.54) is 0 Å². The Hall–Kier alpha value is -1.88. The number of hydrogen-bond acceptors (Lipinski definition) is 3. The van der Waals surface area contributed by atoms with E-state index in [-0.39, 0.29) is 23.6 Å². The van der Waals surface area contributed by atoms with Gasteiger partial charge in [-0.2, -0.15) is 0 Å². The van der Waals surface area contributed by atoms with Crippen molar-refractivity contribution in [2.24, 2.45) is 0 Å². The van der Waals surface area contributed by atoms with Crippen LogP contribution in [-0.4, -0.2) is 29.1 Å². The van der Waals surface area contributed by atoms with Crippen molar-refractivity contribution in [2.75, 3.05) is 6.54 Å². The lowest BCUT2D eigenvalue weighted by Crippen LogP contribution is -2.44. The van der Waals surface area contributed by atoms with Crippen LogP contribution in [0.5, 0.6) is 0 Å². The van der Waals surface area contributed by atoms with Gasteiger partial charge in [-0.15, -0.1) is 0 Å². The fourth-order valence-corrected chi connectivity index (χ4v) is 1.55. The van der Waals surface area contributed by atoms with E-state index in [4.69, 9.17) is 5.11 Å². The van der Waals surface area contributed by atoms with E-state index in [0.717, 1.165) is 5.56 Å². The second-order valence-corrected chi connectivity index (χ2v) is 5.40. The number of carbonyl (C=O) groups excluding carboxylic acids is 1. The van der Waals surface area contributed by atoms with Gasteiger partial charge in [0.15, 0.2) is 0 Å². The molecule has 3 N–H and O–H groups in total. The Labute approximate surface area is 113 Å². The SMILES string of the molecule is CC(C)(C)NC(=O)CNCc1ccc(C(=O)O)cc1. The molecule has 0 fully saturated rings. The van der Waals surface area contributed by atoms with Gasteiger partial charge < -0.3 is 15.7 Å². The van der Waals surface area contributed by atoms with Crippen LogP contribution >= 0.6 is 0 Å². The number of carbonyl (C=O) groups is 2. The van der Waals surface area contributed by atoms with Crippen molar-refractivity contribution in [3.05, 3.63) is 35.4 Å². The van der Waals surface area contributed by atoms with Gasteiger partial charge >= 0.3 is 5.97 Å². The average molecular weight is 264 g/mol. The lowest BCUT2D eigenvalue weighted by Gasteiger charge is -2.20. The summed E-state index contributed by atoms with van der Waals surface area (Å²) >= 11 is 0. The smallest absolute Gasteiger partial charge is 0.335 e. The molecule has 0 atom stereocenters. The number of aromatic carboxylic acids is 1. The Morgan fingerprint density at radius 1 is 1.16 bits per heavy atom. The molecule has 0 spiro atoms. The minimum atomic E-state index is -0.941. The van der Waals surface area contributed by atoms with Gasteiger partial charge in [0, 0.05) is 12.1 Å². The number of nitrogens with one attached hydrogen (secondary N) is 2. The van der Waals surface area contributed by atoms with Crippen LogP contribution in [-0.2, 0) is 11.3 Å². The summed E-state index contributed by atoms with van der Waals surface area (Å²) in [6, 6.07) is 6.57. The molecule has 0 aromatic heterocycles. The van der Waals surface area contributed by atoms with Crippen molar-refractivity contribution in [1.82, 2.24) is 10.6 Å². The molecule has 19 heavy (non-hydrogen) atoms. The first kappa shape index (κ1) is 15.2. The maximum absolute atomic E-state index is 11.5. The van der Waals surface area contributed by atoms with Crippen LogP contribution in [0.1, 0.15) is 36.7 Å². The average Bonchev–Trinajstić information content (AvgIpc) is 2.27. The summed E-state index contributed by atoms with van der Waals surface area (Å²) in [5.74, 6) is -1.00. The third-order valence-corrected chi connectivity index (χ3v) is 2.33. The summed E-state index contributed by atoms with van der Waals surface area (Å²) in [4.78, 5) is 22.2. The van der Waals surface area contributed by atoms with Crippen molar-refractivity contribution in [3.63, 3.8) is 0 Å². The first-order chi connectivity index (χ1) is 8.78. The van der Waals surface area contributed by atoms with Gasteiger partial charge in [-0.3, -0.25) is 4.79 Å². The zero-order chi connectivity index (χ0) is 14.5. The molecular formula is C14H20N2O3. The van der Waals surface area contributed by atoms with Gasteiger partial charge in [-0.25, -0.2) is 4.79 Å². The lowest BCUT2D eigenvalue weighted by atomic mass is 10.1. The number of amides is 1. The van der Waals surface area contributed by atoms with Crippen molar-refractivity contribution < 1.29 is 14.7 Å². The molecule has 1 aromatic rings. The summed E-state index contributed by atoms with van der Waals surface area (Å²) in [6.45, 7) is 6.54. The highest BCUT2D eigenvalue weighted by atomic mass is 16.4. The quantitative estimate of drug-likeness (QED) is 0.751. The highest BCUT2D eigenvalue weighted by Crippen LogP contribution is 2.04. The van der Waals surface area contributed by atoms with Gasteiger partial charge in [0.05, 0.1) is 12.1 Å². The van der Waals surface area contributed by atoms with E-state index in [0.29, 0.717) is 6.54 Å². The summed E-state index contributed by atoms with van der Waals surface area (Å²) in [6.07, 6.45) is 0. The van der Waals surface area contributed by atoms with E-state index in [2.05, 4.69) is 10.6 Å². The molecule has 0 bridgehead atoms. The standard InChI is InChI=1S/C14H20N2O3/c1-14(2,3)16-12(17)9-15-8-10-4-6-11(7-5-10)13(18)19/h4-7,15H,8-9H2,1-3H3,(H,16,17)(H,18,19). The zero-order valence-electron chi connectivity index (χ0n) is 11.5. The maximum Gasteiger partial charge on any atom is 0.335 e. The van der Waals surface area contributed by atoms with Crippen LogP contribution < -0.4 is 10.6 Å². The Balaban J connectivity index is 2.37. The maximum atomic E-state index is 11.5. The monoisotopic (exact) mass is 264 g/mol. The Kier molecular flexibility index (Phi) is 5.06. The highest BCUT2D eigenvalue weighted by Gasteiger charge is 2.12. The number of benzene rings is 1. The number of hydrogen-bond donors (Lipinski definition) is 3. The summed E-state index contributed by atoms with van der Waals surface area (Å²) in [5, 5.41) is 14.6. The van der Waals surface area contributed by atoms with Gasteiger partial charge in [0.25, 0.3) is 0 Å². The molecule has 0 saturated carbocycles. The molecule has 104 valence electrons. The summed E-state index contributed by atoms with van der Waals surface area (Å²) in [5.41, 5.74) is 0.963. The molecule has 0 aliphatic heterocycles. The minimum absolute atomic E-state index is 0.0605. The Morgan fingerprint density at radius 2 is 1.74 bits per heavy atom. The van der Waals surface area contributed by atoms with Gasteiger partial charge in [0.2, 0.25) is 5.91 Å². The van der Waals surface area contributed by atoms with Gasteiger partial charge in [0.1, 0.15) is 0 Å². The predicted molar refractivity (Wildman–Crippen MR) is 73.0 cm³/mol. The van der Waals surface area contributed by atoms with Crippen LogP contribution in [0.2, 0.25) is 0 Å².